The molecule has 2 aromatic carbocycles. The molecule has 1 aliphatic heterocycles. The molecule has 1 fully saturated rings. The van der Waals surface area contributed by atoms with Crippen molar-refractivity contribution in [3.63, 3.8) is 0 Å². The maximum absolute atomic E-state index is 3.62. The Hall–Kier alpha value is -0.770. The zero-order chi connectivity index (χ0) is 14.7. The Balaban J connectivity index is 1.57. The van der Waals surface area contributed by atoms with Crippen molar-refractivity contribution >= 4 is 27.9 Å². The molecule has 1 saturated heterocycles. The summed E-state index contributed by atoms with van der Waals surface area (Å²) in [4.78, 5) is 1.32. The highest BCUT2D eigenvalue weighted by molar-refractivity contribution is 9.10. The van der Waals surface area contributed by atoms with Gasteiger partial charge in [-0.15, -0.1) is 0 Å². The van der Waals surface area contributed by atoms with Gasteiger partial charge in [0.15, 0.2) is 0 Å². The Bertz CT molecular complexity index is 591. The van der Waals surface area contributed by atoms with E-state index in [1.165, 1.54) is 33.3 Å². The molecule has 3 heteroatoms. The van der Waals surface area contributed by atoms with Crippen LogP contribution in [0.5, 0.6) is 0 Å². The summed E-state index contributed by atoms with van der Waals surface area (Å²) in [6, 6.07) is 17.6. The average molecular weight is 362 g/mol. The smallest absolute Gasteiger partial charge is 0.0241 e. The minimum atomic E-state index is 0.729. The van der Waals surface area contributed by atoms with E-state index in [-0.39, 0.29) is 0 Å². The van der Waals surface area contributed by atoms with Gasteiger partial charge in [0.2, 0.25) is 0 Å². The maximum atomic E-state index is 3.62. The van der Waals surface area contributed by atoms with Gasteiger partial charge in [-0.2, -0.15) is 0 Å². The Morgan fingerprint density at radius 3 is 2.43 bits per heavy atom. The molecule has 0 spiro atoms. The molecule has 0 radical (unpaired) electrons. The summed E-state index contributed by atoms with van der Waals surface area (Å²) in [6.45, 7) is 4.45. The molecule has 0 N–H and O–H groups in total. The first kappa shape index (κ1) is 15.1. The van der Waals surface area contributed by atoms with Crippen molar-refractivity contribution in [2.24, 2.45) is 0 Å². The number of piperidine rings is 1. The van der Waals surface area contributed by atoms with Crippen LogP contribution in [-0.2, 0) is 0 Å². The van der Waals surface area contributed by atoms with E-state index in [9.17, 15) is 0 Å². The minimum absolute atomic E-state index is 0.729. The van der Waals surface area contributed by atoms with Gasteiger partial charge >= 0.3 is 0 Å². The van der Waals surface area contributed by atoms with Gasteiger partial charge in [-0.05, 0) is 60.9 Å². The van der Waals surface area contributed by atoms with Gasteiger partial charge in [0, 0.05) is 22.5 Å². The summed E-state index contributed by atoms with van der Waals surface area (Å²) in [6.07, 6.45) is 2.51. The summed E-state index contributed by atoms with van der Waals surface area (Å²) in [7, 11) is 0. The number of benzene rings is 2. The van der Waals surface area contributed by atoms with Gasteiger partial charge in [0.25, 0.3) is 0 Å². The molecular weight excluding hydrogens is 342 g/mol. The first-order chi connectivity index (χ1) is 10.2. The summed E-state index contributed by atoms with van der Waals surface area (Å²) in [5, 5.41) is 0. The largest absolute Gasteiger partial charge is 0.246 e. The molecule has 0 unspecified atom stereocenters. The Morgan fingerprint density at radius 1 is 1.05 bits per heavy atom. The van der Waals surface area contributed by atoms with Gasteiger partial charge in [0.05, 0.1) is 0 Å². The highest BCUT2D eigenvalue weighted by Gasteiger charge is 2.21. The second-order valence-corrected chi connectivity index (χ2v) is 7.64. The lowest BCUT2D eigenvalue weighted by Gasteiger charge is -2.31. The lowest BCUT2D eigenvalue weighted by molar-refractivity contribution is 0.346. The van der Waals surface area contributed by atoms with E-state index >= 15 is 0 Å². The molecule has 0 amide bonds. The van der Waals surface area contributed by atoms with Gasteiger partial charge in [-0.25, -0.2) is 4.31 Å². The van der Waals surface area contributed by atoms with E-state index in [1.54, 1.807) is 0 Å². The molecule has 0 atom stereocenters. The van der Waals surface area contributed by atoms with Crippen LogP contribution < -0.4 is 0 Å². The van der Waals surface area contributed by atoms with Crippen LogP contribution in [-0.4, -0.2) is 17.4 Å². The van der Waals surface area contributed by atoms with Crippen LogP contribution >= 0.6 is 27.9 Å². The number of rotatable bonds is 3. The van der Waals surface area contributed by atoms with Crippen molar-refractivity contribution in [1.29, 1.82) is 0 Å². The third-order valence-electron chi connectivity index (χ3n) is 4.10. The Kier molecular flexibility index (Phi) is 5.04. The zero-order valence-corrected chi connectivity index (χ0v) is 14.7. The highest BCUT2D eigenvalue weighted by atomic mass is 79.9. The highest BCUT2D eigenvalue weighted by Crippen LogP contribution is 2.34. The summed E-state index contributed by atoms with van der Waals surface area (Å²) >= 11 is 5.51. The number of hydrogen-bond donors (Lipinski definition) is 0. The van der Waals surface area contributed by atoms with Crippen LogP contribution in [0.4, 0.5) is 0 Å². The van der Waals surface area contributed by atoms with Crippen molar-refractivity contribution in [2.75, 3.05) is 13.1 Å². The van der Waals surface area contributed by atoms with E-state index in [0.717, 1.165) is 19.0 Å². The van der Waals surface area contributed by atoms with Gasteiger partial charge < -0.3 is 0 Å². The first-order valence-corrected chi connectivity index (χ1v) is 9.03. The van der Waals surface area contributed by atoms with Crippen molar-refractivity contribution in [2.45, 2.75) is 30.6 Å². The third kappa shape index (κ3) is 3.91. The maximum Gasteiger partial charge on any atom is 0.0241 e. The lowest BCUT2D eigenvalue weighted by atomic mass is 9.90. The van der Waals surface area contributed by atoms with Crippen LogP contribution in [0.2, 0.25) is 0 Å². The van der Waals surface area contributed by atoms with Crippen LogP contribution in [0.15, 0.2) is 57.9 Å². The third-order valence-corrected chi connectivity index (χ3v) is 6.05. The molecule has 1 heterocycles. The number of aryl methyl sites for hydroxylation is 1. The molecule has 110 valence electrons. The number of halogens is 1. The fraction of sp³-hybridized carbons (Fsp3) is 0.333. The predicted octanol–water partition coefficient (Wildman–Crippen LogP) is 5.64. The van der Waals surface area contributed by atoms with E-state index in [4.69, 9.17) is 0 Å². The second kappa shape index (κ2) is 6.99. The van der Waals surface area contributed by atoms with Crippen LogP contribution in [0.3, 0.4) is 0 Å². The van der Waals surface area contributed by atoms with Crippen molar-refractivity contribution < 1.29 is 0 Å². The molecule has 0 aliphatic carbocycles. The van der Waals surface area contributed by atoms with E-state index in [0.29, 0.717) is 0 Å². The Morgan fingerprint density at radius 2 is 1.76 bits per heavy atom. The second-order valence-electron chi connectivity index (χ2n) is 5.62. The average Bonchev–Trinajstić information content (AvgIpc) is 2.53. The minimum Gasteiger partial charge on any atom is -0.246 e. The zero-order valence-electron chi connectivity index (χ0n) is 12.3. The van der Waals surface area contributed by atoms with E-state index in [2.05, 4.69) is 75.7 Å². The SMILES string of the molecule is Cc1ccc(SN2CCC(c3ccccc3)CC2)cc1Br. The molecule has 0 aromatic heterocycles. The number of hydrogen-bond acceptors (Lipinski definition) is 2. The summed E-state index contributed by atoms with van der Waals surface area (Å²) in [5.74, 6) is 0.729. The monoisotopic (exact) mass is 361 g/mol. The first-order valence-electron chi connectivity index (χ1n) is 7.46. The van der Waals surface area contributed by atoms with Crippen LogP contribution in [0, 0.1) is 6.92 Å². The molecule has 0 bridgehead atoms. The summed E-state index contributed by atoms with van der Waals surface area (Å²) in [5.41, 5.74) is 2.79. The molecule has 0 saturated carbocycles. The van der Waals surface area contributed by atoms with Crippen molar-refractivity contribution in [3.8, 4) is 0 Å². The standard InChI is InChI=1S/C18H20BrNS/c1-14-7-8-17(13-18(14)19)21-20-11-9-16(10-12-20)15-5-3-2-4-6-15/h2-8,13,16H,9-12H2,1H3. The fourth-order valence-electron chi connectivity index (χ4n) is 2.79. The molecule has 1 aliphatic rings. The van der Waals surface area contributed by atoms with Crippen LogP contribution in [0.25, 0.3) is 0 Å². The molecule has 3 rings (SSSR count). The Labute approximate surface area is 140 Å². The predicted molar refractivity (Wildman–Crippen MR) is 94.7 cm³/mol. The van der Waals surface area contributed by atoms with Gasteiger partial charge in [-0.3, -0.25) is 0 Å². The normalized spacial score (nSPS) is 17.0. The van der Waals surface area contributed by atoms with Crippen molar-refractivity contribution in [3.05, 3.63) is 64.1 Å². The van der Waals surface area contributed by atoms with Crippen molar-refractivity contribution in [1.82, 2.24) is 4.31 Å². The summed E-state index contributed by atoms with van der Waals surface area (Å²) < 4.78 is 3.70. The van der Waals surface area contributed by atoms with E-state index in [1.807, 2.05) is 11.9 Å². The van der Waals surface area contributed by atoms with E-state index < -0.39 is 0 Å². The topological polar surface area (TPSA) is 3.24 Å². The van der Waals surface area contributed by atoms with Gasteiger partial charge in [0.1, 0.15) is 0 Å². The quantitative estimate of drug-likeness (QED) is 0.650. The van der Waals surface area contributed by atoms with Gasteiger partial charge in [-0.1, -0.05) is 52.3 Å². The fourth-order valence-corrected chi connectivity index (χ4v) is 4.31. The lowest BCUT2D eigenvalue weighted by Crippen LogP contribution is -2.27. The molecule has 2 aromatic rings. The molecule has 1 nitrogen and oxygen atoms in total. The molecular formula is C18H20BrNS. The number of nitrogens with zero attached hydrogens (tertiary/aromatic N) is 1. The molecule has 21 heavy (non-hydrogen) atoms. The van der Waals surface area contributed by atoms with Crippen LogP contribution in [0.1, 0.15) is 29.9 Å².